The zero-order chi connectivity index (χ0) is 45.7. The molecule has 0 heterocycles. The van der Waals surface area contributed by atoms with E-state index in [4.69, 9.17) is 0 Å². The number of nitrogens with zero attached hydrogens (tertiary/aromatic N) is 2. The van der Waals surface area contributed by atoms with E-state index >= 15 is 0 Å². The highest BCUT2D eigenvalue weighted by atomic mass is 15.1. The van der Waals surface area contributed by atoms with Gasteiger partial charge in [0.25, 0.3) is 0 Å². The summed E-state index contributed by atoms with van der Waals surface area (Å²) in [5, 5.41) is 0. The van der Waals surface area contributed by atoms with Crippen molar-refractivity contribution in [2.45, 2.75) is 58.8 Å². The summed E-state index contributed by atoms with van der Waals surface area (Å²) in [4.78, 5) is 4.92. The molecule has 0 amide bonds. The van der Waals surface area contributed by atoms with Crippen LogP contribution in [0.25, 0.3) is 50.1 Å². The second kappa shape index (κ2) is 19.6. The van der Waals surface area contributed by atoms with E-state index in [0.29, 0.717) is 5.92 Å². The van der Waals surface area contributed by atoms with Crippen molar-refractivity contribution >= 4 is 34.0 Å². The molecular formula is C65H60N2. The molecule has 2 aliphatic rings. The third-order valence-electron chi connectivity index (χ3n) is 14.2. The Labute approximate surface area is 398 Å². The van der Waals surface area contributed by atoms with Gasteiger partial charge in [-0.05, 0) is 173 Å². The molecule has 0 spiro atoms. The highest BCUT2D eigenvalue weighted by Crippen LogP contribution is 2.48. The van der Waals surface area contributed by atoms with E-state index in [0.717, 1.165) is 30.6 Å². The van der Waals surface area contributed by atoms with Crippen LogP contribution in [0.15, 0.2) is 218 Å². The van der Waals surface area contributed by atoms with E-state index in [9.17, 15) is 0 Å². The lowest BCUT2D eigenvalue weighted by Gasteiger charge is -2.32. The Hall–Kier alpha value is -7.42. The van der Waals surface area contributed by atoms with Crippen LogP contribution >= 0.6 is 0 Å². The molecule has 330 valence electrons. The molecule has 8 aromatic carbocycles. The molecule has 67 heavy (non-hydrogen) atoms. The maximum atomic E-state index is 2.53. The van der Waals surface area contributed by atoms with E-state index in [1.165, 1.54) is 102 Å². The summed E-state index contributed by atoms with van der Waals surface area (Å²) in [5.41, 5.74) is 22.2. The van der Waals surface area contributed by atoms with Crippen LogP contribution < -0.4 is 9.80 Å². The first-order chi connectivity index (χ1) is 32.9. The van der Waals surface area contributed by atoms with Gasteiger partial charge in [0, 0.05) is 47.0 Å². The van der Waals surface area contributed by atoms with Gasteiger partial charge in [0.05, 0.1) is 0 Å². The predicted molar refractivity (Wildman–Crippen MR) is 288 cm³/mol. The largest absolute Gasteiger partial charge is 0.344 e. The number of hydrogen-bond donors (Lipinski definition) is 0. The van der Waals surface area contributed by atoms with Crippen molar-refractivity contribution in [1.82, 2.24) is 0 Å². The maximum Gasteiger partial charge on any atom is 0.0500 e. The van der Waals surface area contributed by atoms with Crippen LogP contribution in [-0.2, 0) is 0 Å². The SMILES string of the molecule is Cc1cc(-c2ccccc2)ccc1N(c1ccc(-c2ccccc2)cc1)c1cc(C2C=CC=CCC2C)cc(-c2cc(C3=CCCCC3)ccc2N(C)c2ccc(-c3ccccc3)cc2)c1C. The molecular weight excluding hydrogens is 809 g/mol. The van der Waals surface area contributed by atoms with Crippen molar-refractivity contribution in [3.8, 4) is 44.5 Å². The number of hydrogen-bond acceptors (Lipinski definition) is 2. The van der Waals surface area contributed by atoms with Gasteiger partial charge in [-0.25, -0.2) is 0 Å². The van der Waals surface area contributed by atoms with E-state index < -0.39 is 0 Å². The number of allylic oxidation sites excluding steroid dienone is 6. The molecule has 0 saturated heterocycles. The van der Waals surface area contributed by atoms with Crippen molar-refractivity contribution in [2.24, 2.45) is 5.92 Å². The minimum Gasteiger partial charge on any atom is -0.344 e. The lowest BCUT2D eigenvalue weighted by atomic mass is 9.82. The van der Waals surface area contributed by atoms with Crippen molar-refractivity contribution in [3.63, 3.8) is 0 Å². The van der Waals surface area contributed by atoms with Crippen LogP contribution in [0, 0.1) is 19.8 Å². The molecule has 0 aromatic heterocycles. The standard InChI is InChI=1S/C65H60N2/c1-46-20-10-5-19-29-60(46)57-44-61(62-43-56(52-27-17-9-18-28-52)35-41-64(62)66(4)58-36-30-53(31-37-58)49-21-11-6-12-22-49)48(3)65(45-57)67(59-38-32-54(33-39-59)50-23-13-7-14-24-50)63-40-34-55(42-47(63)2)51-25-15-8-16-26-51/h5-8,10-16,19,21-27,29-46,60H,9,17-18,20,28H2,1-4H3. The summed E-state index contributed by atoms with van der Waals surface area (Å²) in [6.45, 7) is 7.03. The van der Waals surface area contributed by atoms with Gasteiger partial charge in [-0.15, -0.1) is 0 Å². The monoisotopic (exact) mass is 868 g/mol. The summed E-state index contributed by atoms with van der Waals surface area (Å²) in [7, 11) is 2.23. The molecule has 0 N–H and O–H groups in total. The zero-order valence-electron chi connectivity index (χ0n) is 39.4. The highest BCUT2D eigenvalue weighted by molar-refractivity contribution is 5.92. The number of anilines is 5. The number of rotatable bonds is 11. The fourth-order valence-corrected chi connectivity index (χ4v) is 10.3. The summed E-state index contributed by atoms with van der Waals surface area (Å²) in [6.07, 6.45) is 17.5. The highest BCUT2D eigenvalue weighted by Gasteiger charge is 2.26. The first-order valence-electron chi connectivity index (χ1n) is 24.2. The third kappa shape index (κ3) is 9.22. The quantitative estimate of drug-likeness (QED) is 0.128. The molecule has 2 aliphatic carbocycles. The second-order valence-electron chi connectivity index (χ2n) is 18.6. The van der Waals surface area contributed by atoms with Gasteiger partial charge in [0.2, 0.25) is 0 Å². The van der Waals surface area contributed by atoms with Crippen molar-refractivity contribution < 1.29 is 0 Å². The Kier molecular flexibility index (Phi) is 12.7. The van der Waals surface area contributed by atoms with Crippen LogP contribution in [0.3, 0.4) is 0 Å². The smallest absolute Gasteiger partial charge is 0.0500 e. The van der Waals surface area contributed by atoms with E-state index in [-0.39, 0.29) is 5.92 Å². The molecule has 0 aliphatic heterocycles. The van der Waals surface area contributed by atoms with Gasteiger partial charge in [-0.1, -0.05) is 171 Å². The molecule has 0 radical (unpaired) electrons. The van der Waals surface area contributed by atoms with Crippen LogP contribution in [0.2, 0.25) is 0 Å². The molecule has 0 bridgehead atoms. The fourth-order valence-electron chi connectivity index (χ4n) is 10.3. The van der Waals surface area contributed by atoms with Crippen LogP contribution in [0.1, 0.15) is 67.2 Å². The van der Waals surface area contributed by atoms with E-state index in [2.05, 4.69) is 256 Å². The van der Waals surface area contributed by atoms with Crippen molar-refractivity contribution in [2.75, 3.05) is 16.8 Å². The Balaban J connectivity index is 1.19. The molecule has 0 fully saturated rings. The van der Waals surface area contributed by atoms with E-state index in [1.807, 2.05) is 0 Å². The zero-order valence-corrected chi connectivity index (χ0v) is 39.4. The minimum atomic E-state index is 0.230. The number of benzene rings is 8. The van der Waals surface area contributed by atoms with E-state index in [1.54, 1.807) is 0 Å². The first-order valence-corrected chi connectivity index (χ1v) is 24.2. The van der Waals surface area contributed by atoms with Gasteiger partial charge >= 0.3 is 0 Å². The Morgan fingerprint density at radius 1 is 0.478 bits per heavy atom. The molecule has 8 aromatic rings. The van der Waals surface area contributed by atoms with Gasteiger partial charge in [0.1, 0.15) is 0 Å². The Morgan fingerprint density at radius 2 is 1.04 bits per heavy atom. The van der Waals surface area contributed by atoms with Gasteiger partial charge in [-0.3, -0.25) is 0 Å². The molecule has 2 unspecified atom stereocenters. The normalized spacial score (nSPS) is 15.7. The van der Waals surface area contributed by atoms with Crippen LogP contribution in [-0.4, -0.2) is 7.05 Å². The van der Waals surface area contributed by atoms with Crippen molar-refractivity contribution in [1.29, 1.82) is 0 Å². The number of aryl methyl sites for hydroxylation is 1. The average molecular weight is 869 g/mol. The topological polar surface area (TPSA) is 6.48 Å². The van der Waals surface area contributed by atoms with Gasteiger partial charge in [0.15, 0.2) is 0 Å². The van der Waals surface area contributed by atoms with Crippen LogP contribution in [0.5, 0.6) is 0 Å². The Bertz CT molecular complexity index is 3070. The van der Waals surface area contributed by atoms with Gasteiger partial charge in [-0.2, -0.15) is 0 Å². The third-order valence-corrected chi connectivity index (χ3v) is 14.2. The molecule has 2 nitrogen and oxygen atoms in total. The van der Waals surface area contributed by atoms with Crippen LogP contribution in [0.4, 0.5) is 28.4 Å². The molecule has 2 atom stereocenters. The molecule has 0 saturated carbocycles. The lowest BCUT2D eigenvalue weighted by molar-refractivity contribution is 0.534. The molecule has 10 rings (SSSR count). The summed E-state index contributed by atoms with van der Waals surface area (Å²) in [6, 6.07) is 69.6. The molecule has 2 heteroatoms. The predicted octanol–water partition coefficient (Wildman–Crippen LogP) is 18.4. The second-order valence-corrected chi connectivity index (χ2v) is 18.6. The first kappa shape index (κ1) is 43.5. The minimum absolute atomic E-state index is 0.230. The summed E-state index contributed by atoms with van der Waals surface area (Å²) >= 11 is 0. The maximum absolute atomic E-state index is 2.53. The summed E-state index contributed by atoms with van der Waals surface area (Å²) in [5.74, 6) is 0.654. The lowest BCUT2D eigenvalue weighted by Crippen LogP contribution is -2.16. The van der Waals surface area contributed by atoms with Gasteiger partial charge < -0.3 is 9.80 Å². The fraction of sp³-hybridized carbons (Fsp3) is 0.169. The Morgan fingerprint density at radius 3 is 1.66 bits per heavy atom. The summed E-state index contributed by atoms with van der Waals surface area (Å²) < 4.78 is 0. The van der Waals surface area contributed by atoms with Crippen molar-refractivity contribution in [3.05, 3.63) is 241 Å². The average Bonchev–Trinajstić information content (AvgIpc) is 3.62.